The third-order valence-corrected chi connectivity index (χ3v) is 2.11. The molecule has 0 aromatic carbocycles. The Morgan fingerprint density at radius 2 is 2.21 bits per heavy atom. The maximum atomic E-state index is 11.3. The van der Waals surface area contributed by atoms with Crippen LogP contribution in [0, 0.1) is 5.92 Å². The summed E-state index contributed by atoms with van der Waals surface area (Å²) in [5.74, 6) is -2.70. The topological polar surface area (TPSA) is 94.9 Å². The number of rotatable bonds is 3. The number of carbonyl (C=O) groups excluding carboxylic acids is 2. The molecule has 1 heterocycles. The van der Waals surface area contributed by atoms with Crippen LogP contribution in [0.3, 0.4) is 0 Å². The van der Waals surface area contributed by atoms with E-state index in [1.807, 2.05) is 0 Å². The summed E-state index contributed by atoms with van der Waals surface area (Å²) in [5, 5.41) is 17.3. The van der Waals surface area contributed by atoms with Crippen molar-refractivity contribution in [3.63, 3.8) is 0 Å². The van der Waals surface area contributed by atoms with Crippen molar-refractivity contribution in [3.05, 3.63) is 0 Å². The van der Waals surface area contributed by atoms with Gasteiger partial charge in [-0.3, -0.25) is 14.5 Å². The molecule has 0 saturated carbocycles. The second kappa shape index (κ2) is 3.75. The highest BCUT2D eigenvalue weighted by Gasteiger charge is 2.37. The lowest BCUT2D eigenvalue weighted by atomic mass is 10.1. The first kappa shape index (κ1) is 10.6. The minimum atomic E-state index is -1.70. The van der Waals surface area contributed by atoms with Crippen LogP contribution in [0.2, 0.25) is 0 Å². The second-order valence-electron chi connectivity index (χ2n) is 3.30. The van der Waals surface area contributed by atoms with Crippen LogP contribution in [0.4, 0.5) is 0 Å². The number of hydrogen-bond donors (Lipinski definition) is 2. The van der Waals surface area contributed by atoms with Crippen molar-refractivity contribution in [2.45, 2.75) is 19.4 Å². The van der Waals surface area contributed by atoms with Crippen molar-refractivity contribution in [1.82, 2.24) is 4.90 Å². The second-order valence-corrected chi connectivity index (χ2v) is 3.30. The molecule has 1 aliphatic rings. The smallest absolute Gasteiger partial charge is 0.334 e. The summed E-state index contributed by atoms with van der Waals surface area (Å²) in [5.41, 5.74) is 0. The maximum Gasteiger partial charge on any atom is 0.334 e. The minimum Gasteiger partial charge on any atom is -0.479 e. The summed E-state index contributed by atoms with van der Waals surface area (Å²) in [6, 6.07) is 0. The molecule has 0 bridgehead atoms. The third-order valence-electron chi connectivity index (χ3n) is 2.11. The predicted octanol–water partition coefficient (Wildman–Crippen LogP) is -1.17. The van der Waals surface area contributed by atoms with Crippen molar-refractivity contribution in [2.24, 2.45) is 5.92 Å². The summed E-state index contributed by atoms with van der Waals surface area (Å²) < 4.78 is 0. The molecule has 1 aliphatic heterocycles. The van der Waals surface area contributed by atoms with Gasteiger partial charge in [0.25, 0.3) is 0 Å². The van der Waals surface area contributed by atoms with Crippen LogP contribution < -0.4 is 0 Å². The Morgan fingerprint density at radius 1 is 1.64 bits per heavy atom. The van der Waals surface area contributed by atoms with E-state index in [1.165, 1.54) is 0 Å². The Balaban J connectivity index is 2.65. The van der Waals surface area contributed by atoms with Crippen molar-refractivity contribution in [2.75, 3.05) is 6.54 Å². The van der Waals surface area contributed by atoms with Gasteiger partial charge in [0.1, 0.15) is 0 Å². The molecule has 0 aliphatic carbocycles. The molecule has 2 N–H and O–H groups in total. The number of imide groups is 1. The molecular weight excluding hydrogens is 190 g/mol. The van der Waals surface area contributed by atoms with E-state index in [4.69, 9.17) is 10.2 Å². The molecule has 78 valence electrons. The fourth-order valence-electron chi connectivity index (χ4n) is 1.29. The maximum absolute atomic E-state index is 11.3. The molecule has 14 heavy (non-hydrogen) atoms. The van der Waals surface area contributed by atoms with E-state index in [1.54, 1.807) is 6.92 Å². The van der Waals surface area contributed by atoms with Crippen LogP contribution in [-0.2, 0) is 14.4 Å². The van der Waals surface area contributed by atoms with Crippen molar-refractivity contribution >= 4 is 17.8 Å². The SMILES string of the molecule is CC1CC(=O)N(CC(O)C(=O)O)C1=O. The molecule has 0 spiro atoms. The van der Waals surface area contributed by atoms with Gasteiger partial charge in [0.2, 0.25) is 11.8 Å². The first-order valence-corrected chi connectivity index (χ1v) is 4.18. The Hall–Kier alpha value is -1.43. The number of nitrogens with zero attached hydrogens (tertiary/aromatic N) is 1. The van der Waals surface area contributed by atoms with Crippen LogP contribution >= 0.6 is 0 Å². The zero-order chi connectivity index (χ0) is 10.9. The molecule has 6 heteroatoms. The number of likely N-dealkylation sites (tertiary alicyclic amines) is 1. The number of amides is 2. The first-order valence-electron chi connectivity index (χ1n) is 4.18. The number of aliphatic hydroxyl groups is 1. The highest BCUT2D eigenvalue weighted by molar-refractivity contribution is 6.03. The average molecular weight is 201 g/mol. The van der Waals surface area contributed by atoms with Gasteiger partial charge in [-0.25, -0.2) is 4.79 Å². The van der Waals surface area contributed by atoms with E-state index >= 15 is 0 Å². The lowest BCUT2D eigenvalue weighted by Gasteiger charge is -2.15. The molecule has 0 radical (unpaired) electrons. The van der Waals surface area contributed by atoms with E-state index in [0.29, 0.717) is 0 Å². The minimum absolute atomic E-state index is 0.0885. The Bertz CT molecular complexity index is 287. The fourth-order valence-corrected chi connectivity index (χ4v) is 1.29. The third kappa shape index (κ3) is 1.90. The quantitative estimate of drug-likeness (QED) is 0.561. The zero-order valence-corrected chi connectivity index (χ0v) is 7.64. The molecular formula is C8H11NO5. The summed E-state index contributed by atoms with van der Waals surface area (Å²) >= 11 is 0. The predicted molar refractivity (Wildman–Crippen MR) is 44.1 cm³/mol. The largest absolute Gasteiger partial charge is 0.479 e. The summed E-state index contributed by atoms with van der Waals surface area (Å²) in [4.78, 5) is 33.5. The lowest BCUT2D eigenvalue weighted by molar-refractivity contribution is -0.150. The van der Waals surface area contributed by atoms with E-state index in [0.717, 1.165) is 4.90 Å². The molecule has 0 aromatic rings. The summed E-state index contributed by atoms with van der Waals surface area (Å²) in [6.07, 6.45) is -1.61. The van der Waals surface area contributed by atoms with E-state index in [-0.39, 0.29) is 6.42 Å². The highest BCUT2D eigenvalue weighted by Crippen LogP contribution is 2.18. The van der Waals surface area contributed by atoms with Gasteiger partial charge in [-0.15, -0.1) is 0 Å². The fraction of sp³-hybridized carbons (Fsp3) is 0.625. The number of aliphatic carboxylic acids is 1. The Labute approximate surface area is 80.1 Å². The van der Waals surface area contributed by atoms with Gasteiger partial charge in [-0.2, -0.15) is 0 Å². The highest BCUT2D eigenvalue weighted by atomic mass is 16.4. The molecule has 2 unspecified atom stereocenters. The molecule has 6 nitrogen and oxygen atoms in total. The number of carbonyl (C=O) groups is 3. The van der Waals surface area contributed by atoms with Crippen molar-refractivity contribution in [3.8, 4) is 0 Å². The molecule has 0 aromatic heterocycles. The van der Waals surface area contributed by atoms with Crippen LogP contribution in [0.25, 0.3) is 0 Å². The van der Waals surface area contributed by atoms with E-state index in [9.17, 15) is 14.4 Å². The number of aliphatic hydroxyl groups excluding tert-OH is 1. The van der Waals surface area contributed by atoms with E-state index < -0.39 is 36.4 Å². The summed E-state index contributed by atoms with van der Waals surface area (Å²) in [7, 11) is 0. The van der Waals surface area contributed by atoms with E-state index in [2.05, 4.69) is 0 Å². The standard InChI is InChI=1S/C8H11NO5/c1-4-2-6(11)9(7(4)12)3-5(10)8(13)14/h4-5,10H,2-3H2,1H3,(H,13,14). The zero-order valence-electron chi connectivity index (χ0n) is 7.64. The van der Waals surface area contributed by atoms with Gasteiger partial charge in [0.05, 0.1) is 6.54 Å². The van der Waals surface area contributed by atoms with Gasteiger partial charge in [-0.1, -0.05) is 6.92 Å². The van der Waals surface area contributed by atoms with Gasteiger partial charge < -0.3 is 10.2 Å². The Morgan fingerprint density at radius 3 is 2.57 bits per heavy atom. The Kier molecular flexibility index (Phi) is 2.85. The van der Waals surface area contributed by atoms with Gasteiger partial charge >= 0.3 is 5.97 Å². The van der Waals surface area contributed by atoms with Crippen LogP contribution in [0.5, 0.6) is 0 Å². The molecule has 1 saturated heterocycles. The number of carboxylic acids is 1. The molecule has 2 amide bonds. The van der Waals surface area contributed by atoms with Gasteiger partial charge in [0, 0.05) is 12.3 Å². The number of carboxylic acid groups (broad SMARTS) is 1. The average Bonchev–Trinajstić information content (AvgIpc) is 2.32. The monoisotopic (exact) mass is 201 g/mol. The van der Waals surface area contributed by atoms with Crippen LogP contribution in [0.1, 0.15) is 13.3 Å². The molecule has 1 fully saturated rings. The molecule has 1 rings (SSSR count). The number of β-amino-alcohol motifs (C(OH)–C–C–N with tert-alkyl or cyclic N) is 1. The lowest BCUT2D eigenvalue weighted by Crippen LogP contribution is -2.40. The first-order chi connectivity index (χ1) is 6.43. The molecule has 2 atom stereocenters. The van der Waals surface area contributed by atoms with Gasteiger partial charge in [-0.05, 0) is 0 Å². The van der Waals surface area contributed by atoms with Crippen molar-refractivity contribution in [1.29, 1.82) is 0 Å². The summed E-state index contributed by atoms with van der Waals surface area (Å²) in [6.45, 7) is 1.13. The normalized spacial score (nSPS) is 24.1. The van der Waals surface area contributed by atoms with Crippen molar-refractivity contribution < 1.29 is 24.6 Å². The number of hydrogen-bond acceptors (Lipinski definition) is 4. The van der Waals surface area contributed by atoms with Gasteiger partial charge in [0.15, 0.2) is 6.10 Å². The van der Waals surface area contributed by atoms with Crippen LogP contribution in [0.15, 0.2) is 0 Å². The van der Waals surface area contributed by atoms with Crippen LogP contribution in [-0.4, -0.2) is 45.5 Å².